The van der Waals surface area contributed by atoms with Gasteiger partial charge in [-0.05, 0) is 0 Å². The molecular formula is C12H20N6O2S. The minimum Gasteiger partial charge on any atom is -0.331 e. The number of nitrogens with zero attached hydrogens (tertiary/aromatic N) is 4. The van der Waals surface area contributed by atoms with Crippen LogP contribution in [0.1, 0.15) is 51.2 Å². The molecule has 0 saturated heterocycles. The van der Waals surface area contributed by atoms with Crippen LogP contribution in [0.2, 0.25) is 0 Å². The third-order valence-electron chi connectivity index (χ3n) is 2.93. The molecule has 0 saturated carbocycles. The zero-order valence-electron chi connectivity index (χ0n) is 12.7. The average molecular weight is 312 g/mol. The van der Waals surface area contributed by atoms with Gasteiger partial charge in [-0.15, -0.1) is 0 Å². The van der Waals surface area contributed by atoms with Crippen molar-refractivity contribution in [3.05, 3.63) is 17.8 Å². The summed E-state index contributed by atoms with van der Waals surface area (Å²) in [5.74, 6) is 1.63. The Morgan fingerprint density at radius 3 is 2.38 bits per heavy atom. The normalized spacial score (nSPS) is 12.3. The fraction of sp³-hybridized carbons (Fsp3) is 0.583. The number of hydrogen-bond donors (Lipinski definition) is 2. The summed E-state index contributed by atoms with van der Waals surface area (Å²) in [5, 5.41) is 4.19. The van der Waals surface area contributed by atoms with E-state index in [1.54, 1.807) is 7.05 Å². The third kappa shape index (κ3) is 3.23. The van der Waals surface area contributed by atoms with Gasteiger partial charge in [0.05, 0.1) is 6.20 Å². The number of anilines is 1. The lowest BCUT2D eigenvalue weighted by Crippen LogP contribution is -2.16. The lowest BCUT2D eigenvalue weighted by molar-refractivity contribution is 0.596. The Hall–Kier alpha value is -1.90. The zero-order valence-corrected chi connectivity index (χ0v) is 13.6. The van der Waals surface area contributed by atoms with Crippen molar-refractivity contribution < 1.29 is 8.42 Å². The van der Waals surface area contributed by atoms with E-state index in [4.69, 9.17) is 0 Å². The Morgan fingerprint density at radius 2 is 1.90 bits per heavy atom. The van der Waals surface area contributed by atoms with Crippen LogP contribution in [-0.2, 0) is 17.1 Å². The van der Waals surface area contributed by atoms with Gasteiger partial charge in [-0.1, -0.05) is 27.7 Å². The lowest BCUT2D eigenvalue weighted by Gasteiger charge is -2.04. The molecule has 0 aliphatic rings. The molecule has 2 N–H and O–H groups in total. The molecule has 116 valence electrons. The van der Waals surface area contributed by atoms with Gasteiger partial charge in [-0.2, -0.15) is 18.5 Å². The minimum absolute atomic E-state index is 0.0142. The molecule has 21 heavy (non-hydrogen) atoms. The fourth-order valence-electron chi connectivity index (χ4n) is 1.66. The summed E-state index contributed by atoms with van der Waals surface area (Å²) in [6.45, 7) is 7.75. The molecule has 0 unspecified atom stereocenters. The predicted octanol–water partition coefficient (Wildman–Crippen LogP) is 1.59. The second-order valence-electron chi connectivity index (χ2n) is 5.46. The highest BCUT2D eigenvalue weighted by molar-refractivity contribution is 7.92. The van der Waals surface area contributed by atoms with Crippen molar-refractivity contribution in [3.63, 3.8) is 0 Å². The van der Waals surface area contributed by atoms with Crippen molar-refractivity contribution in [2.75, 3.05) is 4.72 Å². The van der Waals surface area contributed by atoms with Crippen LogP contribution in [0, 0.1) is 0 Å². The molecule has 0 radical (unpaired) electrons. The maximum absolute atomic E-state index is 12.3. The number of hydrogen-bond acceptors (Lipinski definition) is 5. The Morgan fingerprint density at radius 1 is 1.24 bits per heavy atom. The van der Waals surface area contributed by atoms with Crippen LogP contribution in [0.5, 0.6) is 0 Å². The topological polar surface area (TPSA) is 106 Å². The van der Waals surface area contributed by atoms with Gasteiger partial charge in [0, 0.05) is 18.9 Å². The first kappa shape index (κ1) is 15.5. The van der Waals surface area contributed by atoms with Crippen LogP contribution in [0.4, 0.5) is 5.95 Å². The molecule has 2 aromatic rings. The molecule has 0 aliphatic heterocycles. The van der Waals surface area contributed by atoms with Gasteiger partial charge in [-0.25, -0.2) is 14.4 Å². The summed E-state index contributed by atoms with van der Waals surface area (Å²) >= 11 is 0. The Balaban J connectivity index is 2.28. The first-order chi connectivity index (χ1) is 9.70. The molecule has 0 atom stereocenters. The second-order valence-corrected chi connectivity index (χ2v) is 7.12. The summed E-state index contributed by atoms with van der Waals surface area (Å²) in [6, 6.07) is 0. The molecule has 0 aliphatic carbocycles. The number of aryl methyl sites for hydroxylation is 1. The number of aromatic nitrogens is 5. The Labute approximate surface area is 124 Å². The van der Waals surface area contributed by atoms with E-state index < -0.39 is 10.0 Å². The second kappa shape index (κ2) is 5.47. The summed E-state index contributed by atoms with van der Waals surface area (Å²) < 4.78 is 28.4. The van der Waals surface area contributed by atoms with E-state index in [2.05, 4.69) is 24.8 Å². The van der Waals surface area contributed by atoms with Gasteiger partial charge < -0.3 is 4.98 Å². The van der Waals surface area contributed by atoms with E-state index in [1.165, 1.54) is 10.9 Å². The molecule has 2 rings (SSSR count). The largest absolute Gasteiger partial charge is 0.331 e. The van der Waals surface area contributed by atoms with Crippen LogP contribution in [-0.4, -0.2) is 33.2 Å². The Kier molecular flexibility index (Phi) is 4.04. The standard InChI is InChI=1S/C12H20N6O2S/c1-7(2)10-13-6-9(14-10)21(19,20)17-12-15-11(8(3)4)16-18(12)5/h6-8H,1-5H3,(H,13,14)(H,15,16,17). The number of nitrogens with one attached hydrogen (secondary N) is 2. The maximum atomic E-state index is 12.3. The van der Waals surface area contributed by atoms with Crippen molar-refractivity contribution in [2.24, 2.45) is 7.05 Å². The van der Waals surface area contributed by atoms with Crippen molar-refractivity contribution in [3.8, 4) is 0 Å². The van der Waals surface area contributed by atoms with E-state index in [9.17, 15) is 8.42 Å². The molecule has 2 heterocycles. The van der Waals surface area contributed by atoms with E-state index >= 15 is 0 Å². The van der Waals surface area contributed by atoms with Crippen molar-refractivity contribution >= 4 is 16.0 Å². The molecule has 0 fully saturated rings. The van der Waals surface area contributed by atoms with Gasteiger partial charge in [0.2, 0.25) is 5.95 Å². The van der Waals surface area contributed by atoms with Crippen molar-refractivity contribution in [2.45, 2.75) is 44.6 Å². The smallest absolute Gasteiger partial charge is 0.281 e. The summed E-state index contributed by atoms with van der Waals surface area (Å²) in [4.78, 5) is 11.1. The first-order valence-corrected chi connectivity index (χ1v) is 8.17. The molecule has 9 heteroatoms. The minimum atomic E-state index is -3.75. The highest BCUT2D eigenvalue weighted by Crippen LogP contribution is 2.17. The van der Waals surface area contributed by atoms with Crippen LogP contribution in [0.3, 0.4) is 0 Å². The summed E-state index contributed by atoms with van der Waals surface area (Å²) in [5.41, 5.74) is 0. The van der Waals surface area contributed by atoms with Gasteiger partial charge in [0.15, 0.2) is 10.9 Å². The quantitative estimate of drug-likeness (QED) is 0.872. The SMILES string of the molecule is CC(C)c1nc(NS(=O)(=O)c2cnc(C(C)C)[nH]2)n(C)n1. The van der Waals surface area contributed by atoms with E-state index in [0.29, 0.717) is 11.6 Å². The van der Waals surface area contributed by atoms with Crippen LogP contribution >= 0.6 is 0 Å². The molecule has 0 aromatic carbocycles. The summed E-state index contributed by atoms with van der Waals surface area (Å²) in [6.07, 6.45) is 1.30. The van der Waals surface area contributed by atoms with Gasteiger partial charge in [-0.3, -0.25) is 0 Å². The van der Waals surface area contributed by atoms with Crippen LogP contribution < -0.4 is 4.72 Å². The highest BCUT2D eigenvalue weighted by Gasteiger charge is 2.21. The zero-order chi connectivity index (χ0) is 15.8. The number of sulfonamides is 1. The Bertz CT molecular complexity index is 729. The maximum Gasteiger partial charge on any atom is 0.281 e. The van der Waals surface area contributed by atoms with Crippen LogP contribution in [0.15, 0.2) is 11.2 Å². The fourth-order valence-corrected chi connectivity index (χ4v) is 2.62. The average Bonchev–Trinajstić information content (AvgIpc) is 2.97. The van der Waals surface area contributed by atoms with Crippen molar-refractivity contribution in [1.82, 2.24) is 24.7 Å². The monoisotopic (exact) mass is 312 g/mol. The van der Waals surface area contributed by atoms with E-state index in [1.807, 2.05) is 27.7 Å². The molecule has 0 bridgehead atoms. The highest BCUT2D eigenvalue weighted by atomic mass is 32.2. The van der Waals surface area contributed by atoms with Crippen molar-refractivity contribution in [1.29, 1.82) is 0 Å². The van der Waals surface area contributed by atoms with E-state index in [-0.39, 0.29) is 22.8 Å². The molecule has 0 amide bonds. The predicted molar refractivity (Wildman–Crippen MR) is 78.6 cm³/mol. The number of aromatic amines is 1. The number of imidazole rings is 1. The molecular weight excluding hydrogens is 292 g/mol. The number of rotatable bonds is 5. The third-order valence-corrected chi connectivity index (χ3v) is 4.17. The number of H-pyrrole nitrogens is 1. The molecule has 0 spiro atoms. The van der Waals surface area contributed by atoms with Crippen LogP contribution in [0.25, 0.3) is 0 Å². The molecule has 8 nitrogen and oxygen atoms in total. The van der Waals surface area contributed by atoms with Gasteiger partial charge in [0.25, 0.3) is 10.0 Å². The lowest BCUT2D eigenvalue weighted by atomic mass is 10.2. The summed E-state index contributed by atoms with van der Waals surface area (Å²) in [7, 11) is -2.11. The van der Waals surface area contributed by atoms with Gasteiger partial charge in [0.1, 0.15) is 5.82 Å². The van der Waals surface area contributed by atoms with Gasteiger partial charge >= 0.3 is 0 Å². The first-order valence-electron chi connectivity index (χ1n) is 6.69. The molecule has 2 aromatic heterocycles. The van der Waals surface area contributed by atoms with E-state index in [0.717, 1.165) is 0 Å².